The number of hydrogen-bond acceptors (Lipinski definition) is 4. The van der Waals surface area contributed by atoms with E-state index in [0.717, 1.165) is 49.8 Å². The number of piperazine rings is 1. The van der Waals surface area contributed by atoms with Crippen LogP contribution in [0.2, 0.25) is 0 Å². The Bertz CT molecular complexity index is 801. The van der Waals surface area contributed by atoms with E-state index in [-0.39, 0.29) is 6.03 Å². The van der Waals surface area contributed by atoms with E-state index >= 15 is 0 Å². The van der Waals surface area contributed by atoms with Crippen molar-refractivity contribution in [1.82, 2.24) is 15.1 Å². The van der Waals surface area contributed by atoms with Gasteiger partial charge in [0.15, 0.2) is 11.5 Å². The third kappa shape index (κ3) is 4.95. The van der Waals surface area contributed by atoms with Gasteiger partial charge in [0, 0.05) is 39.3 Å². The van der Waals surface area contributed by atoms with Gasteiger partial charge in [-0.05, 0) is 35.7 Å². The summed E-state index contributed by atoms with van der Waals surface area (Å²) >= 11 is 0. The van der Waals surface area contributed by atoms with Crippen molar-refractivity contribution in [2.45, 2.75) is 20.0 Å². The lowest BCUT2D eigenvalue weighted by Gasteiger charge is -2.34. The summed E-state index contributed by atoms with van der Waals surface area (Å²) in [6.07, 6.45) is 0. The number of amides is 2. The smallest absolute Gasteiger partial charge is 0.317 e. The van der Waals surface area contributed by atoms with Gasteiger partial charge in [0.2, 0.25) is 0 Å². The summed E-state index contributed by atoms with van der Waals surface area (Å²) < 4.78 is 10.7. The van der Waals surface area contributed by atoms with Crippen molar-refractivity contribution in [3.05, 3.63) is 59.2 Å². The van der Waals surface area contributed by atoms with Crippen LogP contribution < -0.4 is 14.8 Å². The fraction of sp³-hybridized carbons (Fsp3) is 0.409. The zero-order chi connectivity index (χ0) is 19.9. The van der Waals surface area contributed by atoms with Crippen LogP contribution in [0.25, 0.3) is 0 Å². The molecule has 1 N–H and O–H groups in total. The van der Waals surface area contributed by atoms with Crippen molar-refractivity contribution < 1.29 is 14.3 Å². The van der Waals surface area contributed by atoms with Crippen molar-refractivity contribution in [3.63, 3.8) is 0 Å². The van der Waals surface area contributed by atoms with E-state index in [0.29, 0.717) is 6.54 Å². The van der Waals surface area contributed by atoms with Gasteiger partial charge >= 0.3 is 6.03 Å². The predicted octanol–water partition coefficient (Wildman–Crippen LogP) is 3.04. The molecule has 3 rings (SSSR count). The third-order valence-corrected chi connectivity index (χ3v) is 5.20. The molecule has 6 nitrogen and oxygen atoms in total. The van der Waals surface area contributed by atoms with Gasteiger partial charge in [0.1, 0.15) is 0 Å². The standard InChI is InChI=1S/C22H29N3O3/c1-17-6-4-5-7-19(17)15-23-22(26)25-12-10-24(11-13-25)16-18-8-9-20(27-2)21(14-18)28-3/h4-9,14H,10-13,15-16H2,1-3H3,(H,23,26). The second kappa shape index (κ2) is 9.46. The number of benzene rings is 2. The van der Waals surface area contributed by atoms with E-state index in [1.54, 1.807) is 14.2 Å². The third-order valence-electron chi connectivity index (χ3n) is 5.20. The van der Waals surface area contributed by atoms with Gasteiger partial charge in [0.05, 0.1) is 14.2 Å². The Morgan fingerprint density at radius 2 is 1.71 bits per heavy atom. The Labute approximate surface area is 167 Å². The highest BCUT2D eigenvalue weighted by Crippen LogP contribution is 2.28. The number of rotatable bonds is 6. The summed E-state index contributed by atoms with van der Waals surface area (Å²) in [5, 5.41) is 3.04. The van der Waals surface area contributed by atoms with Crippen molar-refractivity contribution >= 4 is 6.03 Å². The van der Waals surface area contributed by atoms with Crippen LogP contribution in [0.15, 0.2) is 42.5 Å². The highest BCUT2D eigenvalue weighted by Gasteiger charge is 2.21. The SMILES string of the molecule is COc1ccc(CN2CCN(C(=O)NCc3ccccc3C)CC2)cc1OC. The molecule has 1 saturated heterocycles. The highest BCUT2D eigenvalue weighted by atomic mass is 16.5. The summed E-state index contributed by atoms with van der Waals surface area (Å²) in [4.78, 5) is 16.7. The molecule has 0 bridgehead atoms. The van der Waals surface area contributed by atoms with E-state index < -0.39 is 0 Å². The molecular formula is C22H29N3O3. The van der Waals surface area contributed by atoms with Crippen LogP contribution >= 0.6 is 0 Å². The molecular weight excluding hydrogens is 354 g/mol. The quantitative estimate of drug-likeness (QED) is 0.833. The van der Waals surface area contributed by atoms with Crippen LogP contribution in [0, 0.1) is 6.92 Å². The minimum absolute atomic E-state index is 0.00835. The zero-order valence-corrected chi connectivity index (χ0v) is 16.9. The van der Waals surface area contributed by atoms with Crippen LogP contribution in [0.4, 0.5) is 4.79 Å². The monoisotopic (exact) mass is 383 g/mol. The van der Waals surface area contributed by atoms with Crippen LogP contribution in [-0.4, -0.2) is 56.2 Å². The Hall–Kier alpha value is -2.73. The summed E-state index contributed by atoms with van der Waals surface area (Å²) in [7, 11) is 3.29. The molecule has 2 amide bonds. The Morgan fingerprint density at radius 1 is 1.00 bits per heavy atom. The summed E-state index contributed by atoms with van der Waals surface area (Å²) in [6, 6.07) is 14.1. The first kappa shape index (κ1) is 20.0. The van der Waals surface area contributed by atoms with Gasteiger partial charge < -0.3 is 19.7 Å². The summed E-state index contributed by atoms with van der Waals surface area (Å²) in [6.45, 7) is 6.63. The molecule has 0 radical (unpaired) electrons. The number of nitrogens with one attached hydrogen (secondary N) is 1. The summed E-state index contributed by atoms with van der Waals surface area (Å²) in [5.74, 6) is 1.48. The lowest BCUT2D eigenvalue weighted by atomic mass is 10.1. The van der Waals surface area contributed by atoms with Gasteiger partial charge in [-0.2, -0.15) is 0 Å². The van der Waals surface area contributed by atoms with Crippen LogP contribution in [0.3, 0.4) is 0 Å². The Kier molecular flexibility index (Phi) is 6.76. The van der Waals surface area contributed by atoms with Gasteiger partial charge in [0.25, 0.3) is 0 Å². The van der Waals surface area contributed by atoms with Crippen molar-refractivity contribution in [2.24, 2.45) is 0 Å². The minimum Gasteiger partial charge on any atom is -0.493 e. The Morgan fingerprint density at radius 3 is 2.39 bits per heavy atom. The number of nitrogens with zero attached hydrogens (tertiary/aromatic N) is 2. The maximum atomic E-state index is 12.5. The predicted molar refractivity (Wildman–Crippen MR) is 110 cm³/mol. The van der Waals surface area contributed by atoms with Crippen LogP contribution in [0.1, 0.15) is 16.7 Å². The highest BCUT2D eigenvalue weighted by molar-refractivity contribution is 5.74. The molecule has 0 unspecified atom stereocenters. The van der Waals surface area contributed by atoms with Crippen LogP contribution in [0.5, 0.6) is 11.5 Å². The Balaban J connectivity index is 1.47. The normalized spacial score (nSPS) is 14.6. The molecule has 6 heteroatoms. The maximum absolute atomic E-state index is 12.5. The van der Waals surface area contributed by atoms with E-state index in [4.69, 9.17) is 9.47 Å². The van der Waals surface area contributed by atoms with Crippen LogP contribution in [-0.2, 0) is 13.1 Å². The molecule has 0 aromatic heterocycles. The van der Waals surface area contributed by atoms with E-state index in [9.17, 15) is 4.79 Å². The molecule has 28 heavy (non-hydrogen) atoms. The minimum atomic E-state index is 0.00835. The average Bonchev–Trinajstić information content (AvgIpc) is 2.73. The molecule has 1 aliphatic heterocycles. The van der Waals surface area contributed by atoms with Gasteiger partial charge in [-0.3, -0.25) is 4.90 Å². The van der Waals surface area contributed by atoms with Gasteiger partial charge in [-0.1, -0.05) is 30.3 Å². The fourth-order valence-corrected chi connectivity index (χ4v) is 3.44. The molecule has 0 atom stereocenters. The summed E-state index contributed by atoms with van der Waals surface area (Å²) in [5.41, 5.74) is 3.53. The number of carbonyl (C=O) groups is 1. The van der Waals surface area contributed by atoms with E-state index in [1.165, 1.54) is 11.1 Å². The number of hydrogen-bond donors (Lipinski definition) is 1. The molecule has 2 aromatic carbocycles. The van der Waals surface area contributed by atoms with Crippen molar-refractivity contribution in [2.75, 3.05) is 40.4 Å². The first-order valence-corrected chi connectivity index (χ1v) is 9.61. The molecule has 0 spiro atoms. The lowest BCUT2D eigenvalue weighted by Crippen LogP contribution is -2.51. The molecule has 1 fully saturated rings. The van der Waals surface area contributed by atoms with Crippen molar-refractivity contribution in [1.29, 1.82) is 0 Å². The van der Waals surface area contributed by atoms with Gasteiger partial charge in [-0.15, -0.1) is 0 Å². The van der Waals surface area contributed by atoms with Gasteiger partial charge in [-0.25, -0.2) is 4.79 Å². The second-order valence-electron chi connectivity index (χ2n) is 7.04. The largest absolute Gasteiger partial charge is 0.493 e. The number of aryl methyl sites for hydroxylation is 1. The molecule has 0 saturated carbocycles. The number of methoxy groups -OCH3 is 2. The first-order chi connectivity index (χ1) is 13.6. The first-order valence-electron chi connectivity index (χ1n) is 9.61. The fourth-order valence-electron chi connectivity index (χ4n) is 3.44. The van der Waals surface area contributed by atoms with E-state index in [1.807, 2.05) is 29.2 Å². The maximum Gasteiger partial charge on any atom is 0.317 e. The zero-order valence-electron chi connectivity index (χ0n) is 16.9. The molecule has 2 aromatic rings. The topological polar surface area (TPSA) is 54.0 Å². The average molecular weight is 383 g/mol. The number of carbonyl (C=O) groups excluding carboxylic acids is 1. The van der Waals surface area contributed by atoms with Crippen molar-refractivity contribution in [3.8, 4) is 11.5 Å². The number of ether oxygens (including phenoxy) is 2. The molecule has 150 valence electrons. The second-order valence-corrected chi connectivity index (χ2v) is 7.04. The lowest BCUT2D eigenvalue weighted by molar-refractivity contribution is 0.135. The molecule has 1 aliphatic rings. The van der Waals surface area contributed by atoms with E-state index in [2.05, 4.69) is 35.3 Å². The molecule has 0 aliphatic carbocycles. The number of urea groups is 1. The molecule has 1 heterocycles.